The summed E-state index contributed by atoms with van der Waals surface area (Å²) in [7, 11) is 1.64. The smallest absolute Gasteiger partial charge is 0.296 e. The van der Waals surface area contributed by atoms with Gasteiger partial charge in [-0.1, -0.05) is 36.4 Å². The Morgan fingerprint density at radius 2 is 1.97 bits per heavy atom. The van der Waals surface area contributed by atoms with Crippen LogP contribution in [-0.2, 0) is 6.42 Å². The number of aromatic nitrogens is 4. The molecule has 0 bridgehead atoms. The standard InChI is InChI=1S/C25H23N5O2/c1-16-8-9-19(32-2)15-20(16)18-12-13-26-22(14-18)27-25(31)24-28-23-11-10-21(30(23)29-24)17-6-4-3-5-7-17/h3-9,12-15,21H,10-11H2,1-2H3,(H,26,27,31). The number of carbonyl (C=O) groups excluding carboxylic acids is 1. The average molecular weight is 425 g/mol. The molecule has 2 aromatic heterocycles. The first kappa shape index (κ1) is 19.9. The number of amides is 1. The van der Waals surface area contributed by atoms with Gasteiger partial charge in [0.1, 0.15) is 17.4 Å². The summed E-state index contributed by atoms with van der Waals surface area (Å²) in [5.41, 5.74) is 4.24. The highest BCUT2D eigenvalue weighted by Crippen LogP contribution is 2.31. The van der Waals surface area contributed by atoms with Crippen LogP contribution in [0.3, 0.4) is 0 Å². The van der Waals surface area contributed by atoms with Gasteiger partial charge in [-0.05, 0) is 59.9 Å². The predicted octanol–water partition coefficient (Wildman–Crippen LogP) is 4.45. The molecule has 1 unspecified atom stereocenters. The number of methoxy groups -OCH3 is 1. The van der Waals surface area contributed by atoms with Crippen molar-refractivity contribution in [2.45, 2.75) is 25.8 Å². The molecule has 0 fully saturated rings. The minimum Gasteiger partial charge on any atom is -0.497 e. The van der Waals surface area contributed by atoms with Gasteiger partial charge in [0.2, 0.25) is 5.82 Å². The molecule has 0 saturated heterocycles. The van der Waals surface area contributed by atoms with Crippen LogP contribution in [0.2, 0.25) is 0 Å². The summed E-state index contributed by atoms with van der Waals surface area (Å²) in [6, 6.07) is 20.0. The fraction of sp³-hybridized carbons (Fsp3) is 0.200. The fourth-order valence-corrected chi connectivity index (χ4v) is 4.12. The number of carbonyl (C=O) groups is 1. The first-order chi connectivity index (χ1) is 15.6. The Balaban J connectivity index is 1.37. The van der Waals surface area contributed by atoms with Gasteiger partial charge in [0.15, 0.2) is 0 Å². The highest BCUT2D eigenvalue weighted by atomic mass is 16.5. The molecule has 1 aliphatic rings. The Bertz CT molecular complexity index is 1280. The van der Waals surface area contributed by atoms with Crippen molar-refractivity contribution in [2.75, 3.05) is 12.4 Å². The van der Waals surface area contributed by atoms with E-state index in [0.717, 1.165) is 41.1 Å². The molecular weight excluding hydrogens is 402 g/mol. The van der Waals surface area contributed by atoms with Gasteiger partial charge in [-0.3, -0.25) is 4.79 Å². The van der Waals surface area contributed by atoms with Crippen LogP contribution in [0, 0.1) is 6.92 Å². The Labute approximate surface area is 186 Å². The van der Waals surface area contributed by atoms with Crippen LogP contribution in [-0.4, -0.2) is 32.8 Å². The lowest BCUT2D eigenvalue weighted by molar-refractivity contribution is 0.101. The van der Waals surface area contributed by atoms with E-state index in [2.05, 4.69) is 32.5 Å². The minimum absolute atomic E-state index is 0.109. The maximum Gasteiger partial charge on any atom is 0.296 e. The van der Waals surface area contributed by atoms with Crippen molar-refractivity contribution in [3.05, 3.63) is 89.6 Å². The summed E-state index contributed by atoms with van der Waals surface area (Å²) in [6.45, 7) is 2.03. The minimum atomic E-state index is -0.370. The first-order valence-corrected chi connectivity index (χ1v) is 10.5. The lowest BCUT2D eigenvalue weighted by Crippen LogP contribution is -2.16. The van der Waals surface area contributed by atoms with E-state index in [0.29, 0.717) is 5.82 Å². The fourth-order valence-electron chi connectivity index (χ4n) is 4.12. The summed E-state index contributed by atoms with van der Waals surface area (Å²) in [5.74, 6) is 1.84. The second-order valence-corrected chi connectivity index (χ2v) is 7.83. The summed E-state index contributed by atoms with van der Waals surface area (Å²) in [6.07, 6.45) is 3.41. The van der Waals surface area contributed by atoms with E-state index in [1.165, 1.54) is 5.56 Å². The van der Waals surface area contributed by atoms with Gasteiger partial charge >= 0.3 is 0 Å². The van der Waals surface area contributed by atoms with Crippen molar-refractivity contribution in [1.29, 1.82) is 0 Å². The Morgan fingerprint density at radius 3 is 2.78 bits per heavy atom. The van der Waals surface area contributed by atoms with Crippen molar-refractivity contribution in [3.8, 4) is 16.9 Å². The van der Waals surface area contributed by atoms with Gasteiger partial charge in [0, 0.05) is 12.6 Å². The van der Waals surface area contributed by atoms with E-state index < -0.39 is 0 Å². The van der Waals surface area contributed by atoms with E-state index in [1.54, 1.807) is 13.3 Å². The summed E-state index contributed by atoms with van der Waals surface area (Å²) >= 11 is 0. The molecule has 0 radical (unpaired) electrons. The molecule has 4 aromatic rings. The third kappa shape index (κ3) is 3.73. The molecule has 5 rings (SSSR count). The first-order valence-electron chi connectivity index (χ1n) is 10.5. The van der Waals surface area contributed by atoms with Gasteiger partial charge in [-0.15, -0.1) is 5.10 Å². The lowest BCUT2D eigenvalue weighted by Gasteiger charge is -2.11. The van der Waals surface area contributed by atoms with Crippen LogP contribution >= 0.6 is 0 Å². The van der Waals surface area contributed by atoms with Gasteiger partial charge in [0.05, 0.1) is 13.2 Å². The van der Waals surface area contributed by atoms with Crippen LogP contribution in [0.15, 0.2) is 66.9 Å². The van der Waals surface area contributed by atoms with Gasteiger partial charge in [-0.25, -0.2) is 14.6 Å². The number of nitrogens with zero attached hydrogens (tertiary/aromatic N) is 4. The Kier molecular flexibility index (Phi) is 5.15. The second kappa shape index (κ2) is 8.26. The van der Waals surface area contributed by atoms with Gasteiger partial charge < -0.3 is 10.1 Å². The van der Waals surface area contributed by atoms with Crippen molar-refractivity contribution < 1.29 is 9.53 Å². The molecule has 2 aromatic carbocycles. The van der Waals surface area contributed by atoms with E-state index in [1.807, 2.05) is 60.1 Å². The summed E-state index contributed by atoms with van der Waals surface area (Å²) in [4.78, 5) is 21.6. The van der Waals surface area contributed by atoms with E-state index in [-0.39, 0.29) is 17.8 Å². The number of ether oxygens (including phenoxy) is 1. The van der Waals surface area contributed by atoms with Gasteiger partial charge in [0.25, 0.3) is 5.91 Å². The molecule has 7 heteroatoms. The molecule has 0 saturated carbocycles. The van der Waals surface area contributed by atoms with Gasteiger partial charge in [-0.2, -0.15) is 0 Å². The molecule has 1 atom stereocenters. The second-order valence-electron chi connectivity index (χ2n) is 7.83. The van der Waals surface area contributed by atoms with Crippen LogP contribution in [0.25, 0.3) is 11.1 Å². The third-order valence-corrected chi connectivity index (χ3v) is 5.78. The van der Waals surface area contributed by atoms with Crippen molar-refractivity contribution in [2.24, 2.45) is 0 Å². The zero-order valence-electron chi connectivity index (χ0n) is 17.9. The number of pyridine rings is 1. The predicted molar refractivity (Wildman–Crippen MR) is 122 cm³/mol. The number of hydrogen-bond acceptors (Lipinski definition) is 5. The zero-order valence-corrected chi connectivity index (χ0v) is 17.9. The van der Waals surface area contributed by atoms with Crippen LogP contribution < -0.4 is 10.1 Å². The Hall–Kier alpha value is -4.00. The number of benzene rings is 2. The van der Waals surface area contributed by atoms with Crippen LogP contribution in [0.1, 0.15) is 40.0 Å². The number of hydrogen-bond donors (Lipinski definition) is 1. The van der Waals surface area contributed by atoms with E-state index in [9.17, 15) is 4.79 Å². The zero-order chi connectivity index (χ0) is 22.1. The average Bonchev–Trinajstić information content (AvgIpc) is 3.41. The Morgan fingerprint density at radius 1 is 1.12 bits per heavy atom. The quantitative estimate of drug-likeness (QED) is 0.511. The summed E-state index contributed by atoms with van der Waals surface area (Å²) < 4.78 is 7.22. The number of nitrogens with one attached hydrogen (secondary N) is 1. The molecule has 3 heterocycles. The largest absolute Gasteiger partial charge is 0.497 e. The third-order valence-electron chi connectivity index (χ3n) is 5.78. The molecule has 1 amide bonds. The topological polar surface area (TPSA) is 81.9 Å². The number of fused-ring (bicyclic) bond motifs is 1. The lowest BCUT2D eigenvalue weighted by atomic mass is 10.0. The molecule has 1 N–H and O–H groups in total. The number of aryl methyl sites for hydroxylation is 2. The molecule has 0 spiro atoms. The summed E-state index contributed by atoms with van der Waals surface area (Å²) in [5, 5.41) is 7.35. The molecule has 1 aliphatic heterocycles. The number of rotatable bonds is 5. The highest BCUT2D eigenvalue weighted by Gasteiger charge is 2.28. The molecule has 0 aliphatic carbocycles. The van der Waals surface area contributed by atoms with Crippen molar-refractivity contribution >= 4 is 11.7 Å². The maximum atomic E-state index is 12.9. The monoisotopic (exact) mass is 425 g/mol. The molecule has 7 nitrogen and oxygen atoms in total. The highest BCUT2D eigenvalue weighted by molar-refractivity contribution is 6.01. The maximum absolute atomic E-state index is 12.9. The van der Waals surface area contributed by atoms with E-state index >= 15 is 0 Å². The molecule has 32 heavy (non-hydrogen) atoms. The molecule has 160 valence electrons. The van der Waals surface area contributed by atoms with Crippen molar-refractivity contribution in [1.82, 2.24) is 19.7 Å². The SMILES string of the molecule is COc1ccc(C)c(-c2ccnc(NC(=O)c3nc4n(n3)C(c3ccccc3)CC4)c2)c1. The number of anilines is 1. The molecular formula is C25H23N5O2. The van der Waals surface area contributed by atoms with Crippen LogP contribution in [0.5, 0.6) is 5.75 Å². The van der Waals surface area contributed by atoms with Crippen LogP contribution in [0.4, 0.5) is 5.82 Å². The van der Waals surface area contributed by atoms with E-state index in [4.69, 9.17) is 4.74 Å². The normalized spacial score (nSPS) is 14.8. The van der Waals surface area contributed by atoms with Crippen molar-refractivity contribution in [3.63, 3.8) is 0 Å².